The minimum atomic E-state index is -0.342. The number of nitrogens with zero attached hydrogens (tertiary/aromatic N) is 1. The van der Waals surface area contributed by atoms with Gasteiger partial charge in [-0.1, -0.05) is 0 Å². The van der Waals surface area contributed by atoms with Gasteiger partial charge in [0.2, 0.25) is 5.91 Å². The van der Waals surface area contributed by atoms with Crippen LogP contribution in [0.2, 0.25) is 0 Å². The molecule has 1 unspecified atom stereocenters. The average molecular weight is 183 g/mol. The highest BCUT2D eigenvalue weighted by atomic mass is 16.2. The summed E-state index contributed by atoms with van der Waals surface area (Å²) >= 11 is 0. The monoisotopic (exact) mass is 183 g/mol. The maximum absolute atomic E-state index is 11.7. The van der Waals surface area contributed by atoms with E-state index in [0.29, 0.717) is 6.54 Å². The zero-order valence-corrected chi connectivity index (χ0v) is 7.38. The van der Waals surface area contributed by atoms with Crippen molar-refractivity contribution in [2.45, 2.75) is 18.9 Å². The van der Waals surface area contributed by atoms with Crippen LogP contribution in [0.25, 0.3) is 0 Å². The van der Waals surface area contributed by atoms with Gasteiger partial charge in [-0.15, -0.1) is 0 Å². The third kappa shape index (κ3) is 1.59. The molecule has 2 N–H and O–H groups in total. The van der Waals surface area contributed by atoms with Gasteiger partial charge in [0.1, 0.15) is 6.04 Å². The first-order valence-corrected chi connectivity index (χ1v) is 4.60. The van der Waals surface area contributed by atoms with E-state index in [0.717, 1.165) is 25.9 Å². The van der Waals surface area contributed by atoms with E-state index < -0.39 is 0 Å². The Kier molecular flexibility index (Phi) is 2.08. The van der Waals surface area contributed by atoms with Crippen molar-refractivity contribution in [3.8, 4) is 0 Å². The molecule has 5 heteroatoms. The zero-order chi connectivity index (χ0) is 9.26. The van der Waals surface area contributed by atoms with Gasteiger partial charge < -0.3 is 15.5 Å². The van der Waals surface area contributed by atoms with Crippen molar-refractivity contribution in [1.82, 2.24) is 15.5 Å². The van der Waals surface area contributed by atoms with Crippen molar-refractivity contribution in [2.24, 2.45) is 0 Å². The van der Waals surface area contributed by atoms with Crippen LogP contribution in [0.3, 0.4) is 0 Å². The number of carbonyl (C=O) groups excluding carboxylic acids is 2. The smallest absolute Gasteiger partial charge is 0.315 e. The summed E-state index contributed by atoms with van der Waals surface area (Å²) in [5, 5.41) is 5.17. The molecule has 2 aliphatic heterocycles. The van der Waals surface area contributed by atoms with Gasteiger partial charge >= 0.3 is 6.03 Å². The van der Waals surface area contributed by atoms with Crippen molar-refractivity contribution in [3.05, 3.63) is 0 Å². The number of carbonyl (C=O) groups is 2. The first kappa shape index (κ1) is 8.34. The molecule has 2 saturated heterocycles. The van der Waals surface area contributed by atoms with Crippen molar-refractivity contribution in [1.29, 1.82) is 0 Å². The van der Waals surface area contributed by atoms with Gasteiger partial charge in [-0.2, -0.15) is 0 Å². The molecule has 0 saturated carbocycles. The predicted molar refractivity (Wildman–Crippen MR) is 46.1 cm³/mol. The Balaban J connectivity index is 1.92. The molecule has 2 fully saturated rings. The lowest BCUT2D eigenvalue weighted by Gasteiger charge is -2.18. The average Bonchev–Trinajstić information content (AvgIpc) is 2.72. The van der Waals surface area contributed by atoms with Crippen LogP contribution in [0, 0.1) is 0 Å². The first-order chi connectivity index (χ1) is 6.27. The zero-order valence-electron chi connectivity index (χ0n) is 7.38. The molecule has 0 aromatic rings. The second kappa shape index (κ2) is 3.24. The van der Waals surface area contributed by atoms with E-state index in [1.807, 2.05) is 4.90 Å². The topological polar surface area (TPSA) is 61.4 Å². The second-order valence-electron chi connectivity index (χ2n) is 3.44. The van der Waals surface area contributed by atoms with Crippen LogP contribution in [-0.4, -0.2) is 42.5 Å². The summed E-state index contributed by atoms with van der Waals surface area (Å²) in [5.74, 6) is 0.0517. The van der Waals surface area contributed by atoms with Gasteiger partial charge in [-0.25, -0.2) is 4.79 Å². The summed E-state index contributed by atoms with van der Waals surface area (Å²) in [6, 6.07) is -0.580. The summed E-state index contributed by atoms with van der Waals surface area (Å²) in [6.45, 7) is 2.10. The number of rotatable bonds is 1. The van der Waals surface area contributed by atoms with Crippen molar-refractivity contribution < 1.29 is 9.59 Å². The standard InChI is InChI=1S/C8H13N3O2/c12-7(11-3-1-2-4-11)6-5-9-8(13)10-6/h6H,1-5H2,(H2,9,10,13). The van der Waals surface area contributed by atoms with Crippen molar-refractivity contribution in [3.63, 3.8) is 0 Å². The Morgan fingerprint density at radius 1 is 1.38 bits per heavy atom. The Morgan fingerprint density at radius 2 is 2.08 bits per heavy atom. The fourth-order valence-electron chi connectivity index (χ4n) is 1.76. The molecule has 0 aromatic carbocycles. The number of hydrogen-bond acceptors (Lipinski definition) is 2. The van der Waals surface area contributed by atoms with Crippen molar-refractivity contribution >= 4 is 11.9 Å². The van der Waals surface area contributed by atoms with Gasteiger partial charge in [0.25, 0.3) is 0 Å². The maximum atomic E-state index is 11.7. The largest absolute Gasteiger partial charge is 0.341 e. The number of nitrogens with one attached hydrogen (secondary N) is 2. The molecule has 0 spiro atoms. The van der Waals surface area contributed by atoms with E-state index in [2.05, 4.69) is 10.6 Å². The predicted octanol–water partition coefficient (Wildman–Crippen LogP) is -0.710. The third-order valence-electron chi connectivity index (χ3n) is 2.49. The normalized spacial score (nSPS) is 27.2. The molecule has 5 nitrogen and oxygen atoms in total. The van der Waals surface area contributed by atoms with E-state index in [-0.39, 0.29) is 18.0 Å². The fraction of sp³-hybridized carbons (Fsp3) is 0.750. The Hall–Kier alpha value is -1.26. The summed E-state index contributed by atoms with van der Waals surface area (Å²) < 4.78 is 0. The van der Waals surface area contributed by atoms with Gasteiger partial charge in [0.15, 0.2) is 0 Å². The molecule has 0 aliphatic carbocycles. The van der Waals surface area contributed by atoms with Crippen LogP contribution in [-0.2, 0) is 4.79 Å². The molecule has 3 amide bonds. The quantitative estimate of drug-likeness (QED) is 0.564. The summed E-state index contributed by atoms with van der Waals surface area (Å²) in [7, 11) is 0. The van der Waals surface area contributed by atoms with Gasteiger partial charge in [-0.3, -0.25) is 4.79 Å². The highest BCUT2D eigenvalue weighted by Gasteiger charge is 2.31. The Bertz CT molecular complexity index is 236. The number of urea groups is 1. The molecule has 2 rings (SSSR count). The summed E-state index contributed by atoms with van der Waals surface area (Å²) in [6.07, 6.45) is 2.17. The molecular weight excluding hydrogens is 170 g/mol. The van der Waals surface area contributed by atoms with Gasteiger partial charge in [-0.05, 0) is 12.8 Å². The highest BCUT2D eigenvalue weighted by Crippen LogP contribution is 2.09. The minimum absolute atomic E-state index is 0.0517. The lowest BCUT2D eigenvalue weighted by molar-refractivity contribution is -0.131. The molecule has 1 atom stereocenters. The van der Waals surface area contributed by atoms with Crippen molar-refractivity contribution in [2.75, 3.05) is 19.6 Å². The number of amides is 3. The fourth-order valence-corrected chi connectivity index (χ4v) is 1.76. The summed E-state index contributed by atoms with van der Waals surface area (Å²) in [4.78, 5) is 24.3. The minimum Gasteiger partial charge on any atom is -0.341 e. The van der Waals surface area contributed by atoms with E-state index >= 15 is 0 Å². The third-order valence-corrected chi connectivity index (χ3v) is 2.49. The van der Waals surface area contributed by atoms with Crippen LogP contribution in [0.1, 0.15) is 12.8 Å². The van der Waals surface area contributed by atoms with E-state index in [4.69, 9.17) is 0 Å². The Morgan fingerprint density at radius 3 is 2.62 bits per heavy atom. The van der Waals surface area contributed by atoms with E-state index in [1.165, 1.54) is 0 Å². The first-order valence-electron chi connectivity index (χ1n) is 4.60. The molecule has 0 bridgehead atoms. The van der Waals surface area contributed by atoms with Crippen LogP contribution < -0.4 is 10.6 Å². The van der Waals surface area contributed by atoms with Crippen LogP contribution >= 0.6 is 0 Å². The molecule has 2 aliphatic rings. The van der Waals surface area contributed by atoms with Gasteiger partial charge in [0.05, 0.1) is 0 Å². The molecular formula is C8H13N3O2. The lowest BCUT2D eigenvalue weighted by atomic mass is 10.3. The van der Waals surface area contributed by atoms with E-state index in [1.54, 1.807) is 0 Å². The summed E-state index contributed by atoms with van der Waals surface area (Å²) in [5.41, 5.74) is 0. The maximum Gasteiger partial charge on any atom is 0.315 e. The van der Waals surface area contributed by atoms with Crippen LogP contribution in [0.5, 0.6) is 0 Å². The van der Waals surface area contributed by atoms with Crippen LogP contribution in [0.15, 0.2) is 0 Å². The molecule has 13 heavy (non-hydrogen) atoms. The Labute approximate surface area is 76.5 Å². The number of hydrogen-bond donors (Lipinski definition) is 2. The molecule has 2 heterocycles. The molecule has 0 aromatic heterocycles. The molecule has 72 valence electrons. The number of likely N-dealkylation sites (tertiary alicyclic amines) is 1. The molecule has 0 radical (unpaired) electrons. The van der Waals surface area contributed by atoms with Crippen LogP contribution in [0.4, 0.5) is 4.79 Å². The van der Waals surface area contributed by atoms with Gasteiger partial charge in [0, 0.05) is 19.6 Å². The highest BCUT2D eigenvalue weighted by molar-refractivity contribution is 5.90. The van der Waals surface area contributed by atoms with E-state index in [9.17, 15) is 9.59 Å². The second-order valence-corrected chi connectivity index (χ2v) is 3.44. The SMILES string of the molecule is O=C1NCC(C(=O)N2CCCC2)N1. The lowest BCUT2D eigenvalue weighted by Crippen LogP contribution is -2.44.